The highest BCUT2D eigenvalue weighted by Crippen LogP contribution is 2.25. The third-order valence-electron chi connectivity index (χ3n) is 3.83. The topological polar surface area (TPSA) is 67.5 Å². The van der Waals surface area contributed by atoms with Crippen molar-refractivity contribution in [2.24, 2.45) is 0 Å². The molecule has 0 saturated carbocycles. The minimum Gasteiger partial charge on any atom is -0.484 e. The fourth-order valence-electron chi connectivity index (χ4n) is 2.59. The van der Waals surface area contributed by atoms with Gasteiger partial charge in [0.05, 0.1) is 31.1 Å². The van der Waals surface area contributed by atoms with Gasteiger partial charge in [-0.3, -0.25) is 9.89 Å². The summed E-state index contributed by atoms with van der Waals surface area (Å²) in [6.07, 6.45) is 1.72. The smallest absolute Gasteiger partial charge is 0.261 e. The van der Waals surface area contributed by atoms with Gasteiger partial charge in [0.1, 0.15) is 11.6 Å². The normalized spacial score (nSPS) is 18.0. The van der Waals surface area contributed by atoms with Crippen LogP contribution in [0.4, 0.5) is 4.39 Å². The van der Waals surface area contributed by atoms with Crippen molar-refractivity contribution in [2.45, 2.75) is 13.0 Å². The molecule has 2 heterocycles. The van der Waals surface area contributed by atoms with E-state index in [0.29, 0.717) is 25.5 Å². The summed E-state index contributed by atoms with van der Waals surface area (Å²) in [6.45, 7) is 3.24. The van der Waals surface area contributed by atoms with Crippen molar-refractivity contribution in [1.82, 2.24) is 15.1 Å². The molecule has 2 aromatic rings. The van der Waals surface area contributed by atoms with E-state index in [-0.39, 0.29) is 24.4 Å². The lowest BCUT2D eigenvalue weighted by Gasteiger charge is -2.35. The molecule has 23 heavy (non-hydrogen) atoms. The molecule has 122 valence electrons. The Labute approximate surface area is 133 Å². The largest absolute Gasteiger partial charge is 0.484 e. The first kappa shape index (κ1) is 15.5. The first-order chi connectivity index (χ1) is 11.1. The van der Waals surface area contributed by atoms with Crippen molar-refractivity contribution < 1.29 is 18.7 Å². The standard InChI is InChI=1S/C16H18FN3O3/c1-11-8-18-19-16(11)14-9-22-7-6-20(14)15(21)10-23-13-4-2-12(17)3-5-13/h2-5,8,14H,6-7,9-10H2,1H3,(H,18,19). The van der Waals surface area contributed by atoms with Gasteiger partial charge < -0.3 is 14.4 Å². The number of nitrogens with one attached hydrogen (secondary N) is 1. The second-order valence-electron chi connectivity index (χ2n) is 5.39. The van der Waals surface area contributed by atoms with Crippen molar-refractivity contribution in [3.8, 4) is 5.75 Å². The Morgan fingerprint density at radius 1 is 1.48 bits per heavy atom. The van der Waals surface area contributed by atoms with Crippen LogP contribution in [0.2, 0.25) is 0 Å². The second-order valence-corrected chi connectivity index (χ2v) is 5.39. The minimum absolute atomic E-state index is 0.102. The predicted octanol–water partition coefficient (Wildman–Crippen LogP) is 1.84. The molecule has 1 aromatic heterocycles. The van der Waals surface area contributed by atoms with Gasteiger partial charge in [-0.1, -0.05) is 0 Å². The summed E-state index contributed by atoms with van der Waals surface area (Å²) in [6, 6.07) is 5.39. The highest BCUT2D eigenvalue weighted by atomic mass is 19.1. The lowest BCUT2D eigenvalue weighted by Crippen LogP contribution is -2.45. The first-order valence-electron chi connectivity index (χ1n) is 7.40. The number of aromatic nitrogens is 2. The van der Waals surface area contributed by atoms with Crippen LogP contribution in [-0.2, 0) is 9.53 Å². The van der Waals surface area contributed by atoms with E-state index in [4.69, 9.17) is 9.47 Å². The summed E-state index contributed by atoms with van der Waals surface area (Å²) in [4.78, 5) is 14.2. The molecule has 1 unspecified atom stereocenters. The third kappa shape index (κ3) is 3.50. The SMILES string of the molecule is Cc1cn[nH]c1C1COCCN1C(=O)COc1ccc(F)cc1. The Kier molecular flexibility index (Phi) is 4.57. The monoisotopic (exact) mass is 319 g/mol. The van der Waals surface area contributed by atoms with Crippen LogP contribution in [-0.4, -0.2) is 47.4 Å². The quantitative estimate of drug-likeness (QED) is 0.934. The molecule has 1 aliphatic rings. The number of aromatic amines is 1. The fourth-order valence-corrected chi connectivity index (χ4v) is 2.59. The van der Waals surface area contributed by atoms with Gasteiger partial charge >= 0.3 is 0 Å². The number of hydrogen-bond donors (Lipinski definition) is 1. The van der Waals surface area contributed by atoms with Crippen LogP contribution in [0.1, 0.15) is 17.3 Å². The molecule has 3 rings (SSSR count). The van der Waals surface area contributed by atoms with E-state index < -0.39 is 0 Å². The van der Waals surface area contributed by atoms with Gasteiger partial charge in [-0.2, -0.15) is 5.10 Å². The lowest BCUT2D eigenvalue weighted by molar-refractivity contribution is -0.142. The number of morpholine rings is 1. The van der Waals surface area contributed by atoms with Crippen molar-refractivity contribution in [3.63, 3.8) is 0 Å². The van der Waals surface area contributed by atoms with E-state index in [1.165, 1.54) is 24.3 Å². The molecular formula is C16H18FN3O3. The Morgan fingerprint density at radius 3 is 2.96 bits per heavy atom. The van der Waals surface area contributed by atoms with Gasteiger partial charge in [-0.15, -0.1) is 0 Å². The Morgan fingerprint density at radius 2 is 2.26 bits per heavy atom. The molecule has 0 spiro atoms. The van der Waals surface area contributed by atoms with Gasteiger partial charge in [-0.05, 0) is 36.8 Å². The maximum Gasteiger partial charge on any atom is 0.261 e. The van der Waals surface area contributed by atoms with E-state index in [1.807, 2.05) is 6.92 Å². The maximum atomic E-state index is 12.9. The zero-order valence-corrected chi connectivity index (χ0v) is 12.8. The molecule has 1 amide bonds. The third-order valence-corrected chi connectivity index (χ3v) is 3.83. The van der Waals surface area contributed by atoms with E-state index in [2.05, 4.69) is 10.2 Å². The zero-order valence-electron chi connectivity index (χ0n) is 12.8. The summed E-state index contributed by atoms with van der Waals surface area (Å²) >= 11 is 0. The number of aryl methyl sites for hydroxylation is 1. The molecule has 1 aromatic carbocycles. The Bertz CT molecular complexity index is 671. The van der Waals surface area contributed by atoms with Crippen LogP contribution >= 0.6 is 0 Å². The number of H-pyrrole nitrogens is 1. The van der Waals surface area contributed by atoms with Crippen LogP contribution in [0.5, 0.6) is 5.75 Å². The Balaban J connectivity index is 1.66. The maximum absolute atomic E-state index is 12.9. The van der Waals surface area contributed by atoms with Crippen LogP contribution in [0, 0.1) is 12.7 Å². The van der Waals surface area contributed by atoms with Gasteiger partial charge in [0.15, 0.2) is 6.61 Å². The van der Waals surface area contributed by atoms with Crippen molar-refractivity contribution >= 4 is 5.91 Å². The summed E-state index contributed by atoms with van der Waals surface area (Å²) in [5, 5.41) is 6.94. The number of rotatable bonds is 4. The number of ether oxygens (including phenoxy) is 2. The summed E-state index contributed by atoms with van der Waals surface area (Å²) in [5.41, 5.74) is 1.86. The van der Waals surface area contributed by atoms with E-state index in [0.717, 1.165) is 11.3 Å². The van der Waals surface area contributed by atoms with E-state index >= 15 is 0 Å². The number of amides is 1. The van der Waals surface area contributed by atoms with Crippen LogP contribution < -0.4 is 4.74 Å². The van der Waals surface area contributed by atoms with Crippen LogP contribution in [0.15, 0.2) is 30.5 Å². The van der Waals surface area contributed by atoms with E-state index in [9.17, 15) is 9.18 Å². The molecule has 1 N–H and O–H groups in total. The number of halogens is 1. The van der Waals surface area contributed by atoms with Crippen molar-refractivity contribution in [3.05, 3.63) is 47.5 Å². The van der Waals surface area contributed by atoms with Gasteiger partial charge in [0.25, 0.3) is 5.91 Å². The van der Waals surface area contributed by atoms with Crippen molar-refractivity contribution in [1.29, 1.82) is 0 Å². The molecular weight excluding hydrogens is 301 g/mol. The number of carbonyl (C=O) groups is 1. The molecule has 7 heteroatoms. The molecule has 6 nitrogen and oxygen atoms in total. The Hall–Kier alpha value is -2.41. The second kappa shape index (κ2) is 6.78. The molecule has 0 aliphatic carbocycles. The number of nitrogens with zero attached hydrogens (tertiary/aromatic N) is 2. The molecule has 0 bridgehead atoms. The highest BCUT2D eigenvalue weighted by Gasteiger charge is 2.30. The number of benzene rings is 1. The molecule has 1 atom stereocenters. The van der Waals surface area contributed by atoms with Crippen molar-refractivity contribution in [2.75, 3.05) is 26.4 Å². The minimum atomic E-state index is -0.341. The molecule has 1 saturated heterocycles. The average molecular weight is 319 g/mol. The fraction of sp³-hybridized carbons (Fsp3) is 0.375. The highest BCUT2D eigenvalue weighted by molar-refractivity contribution is 5.78. The zero-order chi connectivity index (χ0) is 16.2. The summed E-state index contributed by atoms with van der Waals surface area (Å²) < 4.78 is 23.8. The van der Waals surface area contributed by atoms with Crippen LogP contribution in [0.3, 0.4) is 0 Å². The molecule has 0 radical (unpaired) electrons. The molecule has 1 fully saturated rings. The first-order valence-corrected chi connectivity index (χ1v) is 7.40. The van der Waals surface area contributed by atoms with Gasteiger partial charge in [0, 0.05) is 6.54 Å². The number of carbonyl (C=O) groups excluding carboxylic acids is 1. The predicted molar refractivity (Wildman–Crippen MR) is 80.5 cm³/mol. The number of hydrogen-bond acceptors (Lipinski definition) is 4. The summed E-state index contributed by atoms with van der Waals surface area (Å²) in [7, 11) is 0. The summed E-state index contributed by atoms with van der Waals surface area (Å²) in [5.74, 6) is -0.0226. The average Bonchev–Trinajstić information content (AvgIpc) is 3.00. The van der Waals surface area contributed by atoms with Gasteiger partial charge in [-0.25, -0.2) is 4.39 Å². The molecule has 1 aliphatic heterocycles. The lowest BCUT2D eigenvalue weighted by atomic mass is 10.1. The van der Waals surface area contributed by atoms with Gasteiger partial charge in [0.2, 0.25) is 0 Å². The van der Waals surface area contributed by atoms with E-state index in [1.54, 1.807) is 11.1 Å². The van der Waals surface area contributed by atoms with Crippen LogP contribution in [0.25, 0.3) is 0 Å².